The standard InChI is InChI=1S/C22H20ClF2N5O.C2H6/c23-18(19(26)14-7-3-1-4-8-14)17-20(15-9-5-2-6-10-15)28-30(21(17)27)11-16(31)29-12-22(24,25)13-29;1-2/h1-10H,11-13,26-27H2;1-2H3/b19-18+;. The summed E-state index contributed by atoms with van der Waals surface area (Å²) in [6.45, 7) is 2.51. The van der Waals surface area contributed by atoms with Crippen LogP contribution in [0.4, 0.5) is 14.6 Å². The molecule has 1 aliphatic heterocycles. The van der Waals surface area contributed by atoms with Crippen LogP contribution in [0.15, 0.2) is 60.7 Å². The van der Waals surface area contributed by atoms with Gasteiger partial charge in [-0.05, 0) is 5.56 Å². The average molecular weight is 474 g/mol. The highest BCUT2D eigenvalue weighted by molar-refractivity contribution is 6.53. The van der Waals surface area contributed by atoms with Gasteiger partial charge in [0.05, 0.1) is 29.4 Å². The lowest BCUT2D eigenvalue weighted by Gasteiger charge is -2.38. The molecule has 9 heteroatoms. The Balaban J connectivity index is 0.00000149. The minimum atomic E-state index is -2.85. The lowest BCUT2D eigenvalue weighted by atomic mass is 10.0. The van der Waals surface area contributed by atoms with Crippen LogP contribution in [0.1, 0.15) is 25.0 Å². The summed E-state index contributed by atoms with van der Waals surface area (Å²) in [6, 6.07) is 18.3. The Morgan fingerprint density at radius 1 is 1.06 bits per heavy atom. The van der Waals surface area contributed by atoms with Gasteiger partial charge in [-0.25, -0.2) is 13.5 Å². The van der Waals surface area contributed by atoms with E-state index in [0.29, 0.717) is 22.5 Å². The number of amides is 1. The van der Waals surface area contributed by atoms with Crippen molar-refractivity contribution in [1.29, 1.82) is 0 Å². The Bertz CT molecular complexity index is 1140. The van der Waals surface area contributed by atoms with Crippen molar-refractivity contribution >= 4 is 34.1 Å². The van der Waals surface area contributed by atoms with Gasteiger partial charge in [-0.1, -0.05) is 86.1 Å². The van der Waals surface area contributed by atoms with Crippen molar-refractivity contribution in [3.63, 3.8) is 0 Å². The molecule has 0 radical (unpaired) electrons. The van der Waals surface area contributed by atoms with Gasteiger partial charge in [-0.3, -0.25) is 4.79 Å². The maximum Gasteiger partial charge on any atom is 0.282 e. The topological polar surface area (TPSA) is 90.2 Å². The number of aromatic nitrogens is 2. The van der Waals surface area contributed by atoms with Crippen LogP contribution in [0.5, 0.6) is 0 Å². The van der Waals surface area contributed by atoms with Crippen molar-refractivity contribution in [2.24, 2.45) is 5.73 Å². The van der Waals surface area contributed by atoms with Crippen LogP contribution in [0.3, 0.4) is 0 Å². The lowest BCUT2D eigenvalue weighted by molar-refractivity contribution is -0.166. The molecule has 2 heterocycles. The number of carbonyl (C=O) groups is 1. The number of benzene rings is 2. The van der Waals surface area contributed by atoms with Crippen LogP contribution in [-0.4, -0.2) is 39.6 Å². The first-order chi connectivity index (χ1) is 15.8. The van der Waals surface area contributed by atoms with E-state index in [-0.39, 0.29) is 17.4 Å². The van der Waals surface area contributed by atoms with Gasteiger partial charge in [-0.15, -0.1) is 0 Å². The van der Waals surface area contributed by atoms with Gasteiger partial charge >= 0.3 is 0 Å². The second-order valence-corrected chi connectivity index (χ2v) is 7.71. The Morgan fingerprint density at radius 3 is 2.15 bits per heavy atom. The SMILES string of the molecule is CC.N/C(=C(/Cl)c1c(-c2ccccc2)nn(CC(=O)N2CC(F)(F)C2)c1N)c1ccccc1. The molecule has 0 unspecified atom stereocenters. The summed E-state index contributed by atoms with van der Waals surface area (Å²) < 4.78 is 27.5. The average Bonchev–Trinajstić information content (AvgIpc) is 3.14. The van der Waals surface area contributed by atoms with Gasteiger partial charge in [0.1, 0.15) is 18.1 Å². The predicted octanol–water partition coefficient (Wildman–Crippen LogP) is 4.66. The van der Waals surface area contributed by atoms with Crippen molar-refractivity contribution in [2.75, 3.05) is 18.8 Å². The van der Waals surface area contributed by atoms with E-state index in [0.717, 1.165) is 10.5 Å². The monoisotopic (exact) mass is 473 g/mol. The Kier molecular flexibility index (Phi) is 7.38. The number of likely N-dealkylation sites (tertiary alicyclic amines) is 1. The molecule has 1 amide bonds. The summed E-state index contributed by atoms with van der Waals surface area (Å²) in [5.41, 5.74) is 15.2. The Hall–Kier alpha value is -3.39. The third-order valence-corrected chi connectivity index (χ3v) is 5.45. The number of alkyl halides is 2. The minimum absolute atomic E-state index is 0.128. The minimum Gasteiger partial charge on any atom is -0.397 e. The molecule has 1 fully saturated rings. The van der Waals surface area contributed by atoms with E-state index in [1.807, 2.05) is 74.5 Å². The summed E-state index contributed by atoms with van der Waals surface area (Å²) in [5.74, 6) is -3.22. The van der Waals surface area contributed by atoms with Gasteiger partial charge in [0.25, 0.3) is 5.92 Å². The second-order valence-electron chi connectivity index (χ2n) is 7.33. The summed E-state index contributed by atoms with van der Waals surface area (Å²) in [5, 5.41) is 4.67. The molecule has 0 aliphatic carbocycles. The normalized spacial score (nSPS) is 15.1. The van der Waals surface area contributed by atoms with Crippen molar-refractivity contribution in [3.8, 4) is 11.3 Å². The molecule has 174 valence electrons. The van der Waals surface area contributed by atoms with E-state index in [1.165, 1.54) is 4.68 Å². The molecular formula is C24H26ClF2N5O. The number of nitrogen functional groups attached to an aromatic ring is 1. The maximum atomic E-state index is 13.1. The highest BCUT2D eigenvalue weighted by Gasteiger charge is 2.46. The van der Waals surface area contributed by atoms with Crippen LogP contribution in [-0.2, 0) is 11.3 Å². The fourth-order valence-electron chi connectivity index (χ4n) is 3.41. The summed E-state index contributed by atoms with van der Waals surface area (Å²) >= 11 is 6.67. The van der Waals surface area contributed by atoms with E-state index in [4.69, 9.17) is 23.1 Å². The number of halogens is 3. The smallest absolute Gasteiger partial charge is 0.282 e. The van der Waals surface area contributed by atoms with E-state index in [1.54, 1.807) is 0 Å². The molecule has 1 aliphatic rings. The number of carbonyl (C=O) groups excluding carboxylic acids is 1. The number of hydrogen-bond donors (Lipinski definition) is 2. The first-order valence-electron chi connectivity index (χ1n) is 10.5. The molecule has 4 N–H and O–H groups in total. The zero-order chi connectivity index (χ0) is 24.2. The molecule has 2 aromatic carbocycles. The molecule has 1 aromatic heterocycles. The molecule has 0 atom stereocenters. The summed E-state index contributed by atoms with van der Waals surface area (Å²) in [7, 11) is 0. The van der Waals surface area contributed by atoms with Crippen molar-refractivity contribution in [1.82, 2.24) is 14.7 Å². The van der Waals surface area contributed by atoms with Gasteiger partial charge in [0, 0.05) is 5.56 Å². The number of hydrogen-bond acceptors (Lipinski definition) is 4. The molecule has 3 aromatic rings. The molecule has 4 rings (SSSR count). The fourth-order valence-corrected chi connectivity index (χ4v) is 3.70. The third-order valence-electron chi connectivity index (χ3n) is 5.06. The lowest BCUT2D eigenvalue weighted by Crippen LogP contribution is -2.59. The summed E-state index contributed by atoms with van der Waals surface area (Å²) in [4.78, 5) is 13.5. The molecule has 1 saturated heterocycles. The predicted molar refractivity (Wildman–Crippen MR) is 128 cm³/mol. The Labute approximate surface area is 196 Å². The number of rotatable bonds is 5. The number of anilines is 1. The zero-order valence-electron chi connectivity index (χ0n) is 18.4. The fraction of sp³-hybridized carbons (Fsp3) is 0.250. The van der Waals surface area contributed by atoms with Crippen LogP contribution >= 0.6 is 11.6 Å². The second kappa shape index (κ2) is 10.0. The van der Waals surface area contributed by atoms with Crippen molar-refractivity contribution in [2.45, 2.75) is 26.3 Å². The maximum absolute atomic E-state index is 13.1. The van der Waals surface area contributed by atoms with Crippen LogP contribution in [0.25, 0.3) is 22.0 Å². The van der Waals surface area contributed by atoms with Crippen molar-refractivity contribution in [3.05, 3.63) is 71.8 Å². The van der Waals surface area contributed by atoms with E-state index >= 15 is 0 Å². The third kappa shape index (κ3) is 5.17. The molecule has 0 saturated carbocycles. The summed E-state index contributed by atoms with van der Waals surface area (Å²) in [6.07, 6.45) is 0. The number of nitrogens with zero attached hydrogens (tertiary/aromatic N) is 3. The van der Waals surface area contributed by atoms with E-state index in [9.17, 15) is 13.6 Å². The molecular weight excluding hydrogens is 448 g/mol. The first-order valence-corrected chi connectivity index (χ1v) is 10.9. The molecule has 33 heavy (non-hydrogen) atoms. The van der Waals surface area contributed by atoms with E-state index in [2.05, 4.69) is 5.10 Å². The van der Waals surface area contributed by atoms with Gasteiger partial charge in [0.15, 0.2) is 0 Å². The van der Waals surface area contributed by atoms with E-state index < -0.39 is 24.9 Å². The van der Waals surface area contributed by atoms with Crippen LogP contribution in [0.2, 0.25) is 0 Å². The molecule has 0 bridgehead atoms. The Morgan fingerprint density at radius 2 is 1.61 bits per heavy atom. The first kappa shape index (κ1) is 24.3. The largest absolute Gasteiger partial charge is 0.397 e. The van der Waals surface area contributed by atoms with Crippen molar-refractivity contribution < 1.29 is 13.6 Å². The van der Waals surface area contributed by atoms with Gasteiger partial charge in [-0.2, -0.15) is 5.10 Å². The quantitative estimate of drug-likeness (QED) is 0.564. The molecule has 0 spiro atoms. The van der Waals surface area contributed by atoms with Gasteiger partial charge < -0.3 is 16.4 Å². The number of nitrogens with two attached hydrogens (primary N) is 2. The highest BCUT2D eigenvalue weighted by Crippen LogP contribution is 2.38. The van der Waals surface area contributed by atoms with Gasteiger partial charge in [0.2, 0.25) is 5.91 Å². The van der Waals surface area contributed by atoms with Crippen LogP contribution < -0.4 is 11.5 Å². The highest BCUT2D eigenvalue weighted by atomic mass is 35.5. The van der Waals surface area contributed by atoms with Crippen LogP contribution in [0, 0.1) is 0 Å². The molecule has 6 nitrogen and oxygen atoms in total. The zero-order valence-corrected chi connectivity index (χ0v) is 19.2.